The van der Waals surface area contributed by atoms with Crippen molar-refractivity contribution in [2.45, 2.75) is 20.8 Å². The Hall–Kier alpha value is -3.06. The second-order valence-electron chi connectivity index (χ2n) is 6.50. The molecule has 2 aromatic carbocycles. The zero-order chi connectivity index (χ0) is 21.5. The number of rotatable bonds is 7. The third-order valence-corrected chi connectivity index (χ3v) is 5.15. The summed E-state index contributed by atoms with van der Waals surface area (Å²) in [7, 11) is 0. The average Bonchev–Trinajstić information content (AvgIpc) is 3.04. The molecule has 0 saturated carbocycles. The van der Waals surface area contributed by atoms with Crippen molar-refractivity contribution in [1.82, 2.24) is 0 Å². The van der Waals surface area contributed by atoms with Crippen LogP contribution >= 0.6 is 11.8 Å². The van der Waals surface area contributed by atoms with Gasteiger partial charge >= 0.3 is 5.97 Å². The minimum Gasteiger partial charge on any atom is -0.494 e. The number of ether oxygens (including phenoxy) is 2. The first-order valence-electron chi connectivity index (χ1n) is 9.74. The molecule has 1 aliphatic heterocycles. The largest absolute Gasteiger partial charge is 0.494 e. The molecule has 0 N–H and O–H groups in total. The van der Waals surface area contributed by atoms with E-state index in [1.807, 2.05) is 38.1 Å². The molecule has 0 fully saturated rings. The third-order valence-electron chi connectivity index (χ3n) is 4.24. The lowest BCUT2D eigenvalue weighted by Gasteiger charge is -2.18. The van der Waals surface area contributed by atoms with Crippen molar-refractivity contribution in [2.24, 2.45) is 4.99 Å². The van der Waals surface area contributed by atoms with Crippen LogP contribution in [0, 0.1) is 6.92 Å². The SMILES string of the molecule is CCOC(=O)CSC1=N/C(=C\c2ccc(C)cc2)C(=O)N1c1ccc(OCC)cc1. The van der Waals surface area contributed by atoms with Gasteiger partial charge in [0.15, 0.2) is 5.17 Å². The summed E-state index contributed by atoms with van der Waals surface area (Å²) in [4.78, 5) is 31.0. The minimum atomic E-state index is -0.347. The van der Waals surface area contributed by atoms with Gasteiger partial charge in [0.25, 0.3) is 5.91 Å². The lowest BCUT2D eigenvalue weighted by Crippen LogP contribution is -2.30. The van der Waals surface area contributed by atoms with Crippen molar-refractivity contribution in [3.8, 4) is 5.75 Å². The molecule has 0 aliphatic carbocycles. The van der Waals surface area contributed by atoms with E-state index in [4.69, 9.17) is 9.47 Å². The van der Waals surface area contributed by atoms with Crippen LogP contribution in [-0.4, -0.2) is 36.0 Å². The summed E-state index contributed by atoms with van der Waals surface area (Å²) in [6, 6.07) is 15.1. The number of carbonyl (C=O) groups excluding carboxylic acids is 2. The smallest absolute Gasteiger partial charge is 0.316 e. The number of nitrogens with zero attached hydrogens (tertiary/aromatic N) is 2. The Kier molecular flexibility index (Phi) is 7.30. The van der Waals surface area contributed by atoms with Gasteiger partial charge in [0.2, 0.25) is 0 Å². The van der Waals surface area contributed by atoms with Crippen molar-refractivity contribution in [2.75, 3.05) is 23.9 Å². The molecule has 1 aliphatic rings. The molecule has 7 heteroatoms. The van der Waals surface area contributed by atoms with Gasteiger partial charge in [-0.3, -0.25) is 14.5 Å². The molecule has 0 bridgehead atoms. The second kappa shape index (κ2) is 10.1. The van der Waals surface area contributed by atoms with E-state index < -0.39 is 0 Å². The van der Waals surface area contributed by atoms with E-state index in [0.29, 0.717) is 29.8 Å². The summed E-state index contributed by atoms with van der Waals surface area (Å²) in [6.07, 6.45) is 1.75. The molecular weight excluding hydrogens is 400 g/mol. The van der Waals surface area contributed by atoms with Crippen LogP contribution in [0.1, 0.15) is 25.0 Å². The maximum absolute atomic E-state index is 13.2. The number of esters is 1. The van der Waals surface area contributed by atoms with E-state index in [-0.39, 0.29) is 17.6 Å². The second-order valence-corrected chi connectivity index (χ2v) is 7.44. The summed E-state index contributed by atoms with van der Waals surface area (Å²) >= 11 is 1.18. The molecule has 30 heavy (non-hydrogen) atoms. The highest BCUT2D eigenvalue weighted by atomic mass is 32.2. The molecule has 2 aromatic rings. The number of benzene rings is 2. The number of hydrogen-bond donors (Lipinski definition) is 0. The van der Waals surface area contributed by atoms with Gasteiger partial charge in [-0.05, 0) is 56.7 Å². The van der Waals surface area contributed by atoms with Crippen LogP contribution in [0.2, 0.25) is 0 Å². The summed E-state index contributed by atoms with van der Waals surface area (Å²) in [5.74, 6) is 0.206. The number of thioether (sulfide) groups is 1. The van der Waals surface area contributed by atoms with E-state index in [1.165, 1.54) is 16.7 Å². The first-order valence-corrected chi connectivity index (χ1v) is 10.7. The fourth-order valence-electron chi connectivity index (χ4n) is 2.83. The normalized spacial score (nSPS) is 14.8. The molecule has 0 saturated heterocycles. The van der Waals surface area contributed by atoms with Gasteiger partial charge in [-0.2, -0.15) is 0 Å². The number of amidine groups is 1. The van der Waals surface area contributed by atoms with E-state index in [1.54, 1.807) is 37.3 Å². The number of anilines is 1. The highest BCUT2D eigenvalue weighted by Gasteiger charge is 2.32. The maximum Gasteiger partial charge on any atom is 0.316 e. The van der Waals surface area contributed by atoms with E-state index in [2.05, 4.69) is 4.99 Å². The Morgan fingerprint density at radius 1 is 1.07 bits per heavy atom. The van der Waals surface area contributed by atoms with Gasteiger partial charge in [0.05, 0.1) is 24.7 Å². The Bertz CT molecular complexity index is 966. The van der Waals surface area contributed by atoms with Crippen molar-refractivity contribution in [3.63, 3.8) is 0 Å². The number of amides is 1. The summed E-state index contributed by atoms with van der Waals surface area (Å²) in [5, 5.41) is 0.440. The predicted molar refractivity (Wildman–Crippen MR) is 121 cm³/mol. The van der Waals surface area contributed by atoms with Crippen molar-refractivity contribution in [3.05, 3.63) is 65.4 Å². The minimum absolute atomic E-state index is 0.0747. The molecule has 156 valence electrons. The number of hydrogen-bond acceptors (Lipinski definition) is 6. The van der Waals surface area contributed by atoms with Crippen LogP contribution in [0.15, 0.2) is 59.2 Å². The van der Waals surface area contributed by atoms with E-state index >= 15 is 0 Å². The molecule has 0 unspecified atom stereocenters. The van der Waals surface area contributed by atoms with Gasteiger partial charge in [0, 0.05) is 0 Å². The van der Waals surface area contributed by atoms with Crippen LogP contribution in [0.25, 0.3) is 6.08 Å². The molecule has 0 radical (unpaired) electrons. The van der Waals surface area contributed by atoms with E-state index in [0.717, 1.165) is 16.9 Å². The number of aryl methyl sites for hydroxylation is 1. The van der Waals surface area contributed by atoms with Crippen LogP contribution < -0.4 is 9.64 Å². The summed E-state index contributed by atoms with van der Waals surface area (Å²) in [6.45, 7) is 6.55. The van der Waals surface area contributed by atoms with Gasteiger partial charge in [0.1, 0.15) is 11.4 Å². The topological polar surface area (TPSA) is 68.2 Å². The Morgan fingerprint density at radius 2 is 1.77 bits per heavy atom. The Balaban J connectivity index is 1.90. The molecule has 0 spiro atoms. The fourth-order valence-corrected chi connectivity index (χ4v) is 3.64. The molecular formula is C23H24N2O4S. The van der Waals surface area contributed by atoms with Crippen molar-refractivity contribution >= 4 is 40.6 Å². The van der Waals surface area contributed by atoms with Crippen LogP contribution in [0.3, 0.4) is 0 Å². The molecule has 6 nitrogen and oxygen atoms in total. The predicted octanol–water partition coefficient (Wildman–Crippen LogP) is 4.43. The Morgan fingerprint density at radius 3 is 2.40 bits per heavy atom. The molecule has 0 aromatic heterocycles. The molecule has 1 heterocycles. The first kappa shape index (κ1) is 21.6. The number of aliphatic imine (C=N–C) groups is 1. The zero-order valence-corrected chi connectivity index (χ0v) is 18.1. The number of carbonyl (C=O) groups is 2. The highest BCUT2D eigenvalue weighted by Crippen LogP contribution is 2.30. The first-order chi connectivity index (χ1) is 14.5. The monoisotopic (exact) mass is 424 g/mol. The van der Waals surface area contributed by atoms with Gasteiger partial charge < -0.3 is 9.47 Å². The standard InChI is InChI=1S/C23H24N2O4S/c1-4-28-19-12-10-18(11-13-19)25-22(27)20(14-17-8-6-16(3)7-9-17)24-23(25)30-15-21(26)29-5-2/h6-14H,4-5,15H2,1-3H3/b20-14-. The molecule has 1 amide bonds. The average molecular weight is 425 g/mol. The lowest BCUT2D eigenvalue weighted by atomic mass is 10.1. The van der Waals surface area contributed by atoms with Gasteiger partial charge in [-0.25, -0.2) is 4.99 Å². The fraction of sp³-hybridized carbons (Fsp3) is 0.261. The molecule has 3 rings (SSSR count). The van der Waals surface area contributed by atoms with E-state index in [9.17, 15) is 9.59 Å². The van der Waals surface area contributed by atoms with Gasteiger partial charge in [-0.1, -0.05) is 41.6 Å². The molecule has 0 atom stereocenters. The van der Waals surface area contributed by atoms with Crippen LogP contribution in [-0.2, 0) is 14.3 Å². The zero-order valence-electron chi connectivity index (χ0n) is 17.3. The van der Waals surface area contributed by atoms with Crippen LogP contribution in [0.4, 0.5) is 5.69 Å². The quantitative estimate of drug-likeness (QED) is 0.486. The lowest BCUT2D eigenvalue weighted by molar-refractivity contribution is -0.139. The summed E-state index contributed by atoms with van der Waals surface area (Å²) in [5.41, 5.74) is 3.00. The summed E-state index contributed by atoms with van der Waals surface area (Å²) < 4.78 is 10.5. The van der Waals surface area contributed by atoms with Crippen molar-refractivity contribution < 1.29 is 19.1 Å². The maximum atomic E-state index is 13.2. The third kappa shape index (κ3) is 5.30. The van der Waals surface area contributed by atoms with Crippen molar-refractivity contribution in [1.29, 1.82) is 0 Å². The van der Waals surface area contributed by atoms with Crippen LogP contribution in [0.5, 0.6) is 5.75 Å². The Labute approximate surface area is 180 Å². The van der Waals surface area contributed by atoms with Gasteiger partial charge in [-0.15, -0.1) is 0 Å². The highest BCUT2D eigenvalue weighted by molar-refractivity contribution is 8.14.